The van der Waals surface area contributed by atoms with Crippen LogP contribution in [0.5, 0.6) is 0 Å². The van der Waals surface area contributed by atoms with Crippen molar-refractivity contribution in [2.45, 2.75) is 17.2 Å². The molecule has 1 aromatic heterocycles. The number of nitro groups is 1. The number of hydrogen-bond acceptors (Lipinski definition) is 6. The lowest BCUT2D eigenvalue weighted by Gasteiger charge is -2.07. The molecule has 0 saturated heterocycles. The molecule has 1 atom stereocenters. The summed E-state index contributed by atoms with van der Waals surface area (Å²) >= 11 is 2.77. The van der Waals surface area contributed by atoms with E-state index in [1.54, 1.807) is 6.92 Å². The number of hydrogen-bond donors (Lipinski definition) is 1. The summed E-state index contributed by atoms with van der Waals surface area (Å²) in [5, 5.41) is 20.3. The Morgan fingerprint density at radius 1 is 1.65 bits per heavy atom. The molecule has 96 valence electrons. The summed E-state index contributed by atoms with van der Waals surface area (Å²) in [6.07, 6.45) is -0.651. The quantitative estimate of drug-likeness (QED) is 0.491. The molecule has 0 aliphatic rings. The van der Waals surface area contributed by atoms with E-state index in [1.165, 1.54) is 29.2 Å². The van der Waals surface area contributed by atoms with E-state index < -0.39 is 6.10 Å². The van der Waals surface area contributed by atoms with E-state index in [1.807, 2.05) is 19.0 Å². The minimum Gasteiger partial charge on any atom is -0.388 e. The first-order valence-electron chi connectivity index (χ1n) is 5.15. The van der Waals surface area contributed by atoms with E-state index in [-0.39, 0.29) is 10.6 Å². The Morgan fingerprint density at radius 2 is 2.29 bits per heavy atom. The van der Waals surface area contributed by atoms with Gasteiger partial charge >= 0.3 is 0 Å². The molecule has 0 amide bonds. The fourth-order valence-corrected chi connectivity index (χ4v) is 3.63. The topological polar surface area (TPSA) is 66.6 Å². The van der Waals surface area contributed by atoms with E-state index in [2.05, 4.69) is 0 Å². The highest BCUT2D eigenvalue weighted by molar-refractivity contribution is 8.01. The van der Waals surface area contributed by atoms with Crippen molar-refractivity contribution in [3.63, 3.8) is 0 Å². The number of thioether (sulfide) groups is 1. The first-order valence-corrected chi connectivity index (χ1v) is 6.95. The normalized spacial score (nSPS) is 13.0. The maximum Gasteiger partial charge on any atom is 0.294 e. The smallest absolute Gasteiger partial charge is 0.294 e. The Balaban J connectivity index is 2.78. The zero-order chi connectivity index (χ0) is 13.0. The number of aliphatic hydroxyl groups excluding tert-OH is 1. The predicted octanol–water partition coefficient (Wildman–Crippen LogP) is 2.36. The molecule has 1 heterocycles. The summed E-state index contributed by atoms with van der Waals surface area (Å²) in [6, 6.07) is 1.47. The molecule has 1 N–H and O–H groups in total. The van der Waals surface area contributed by atoms with E-state index in [0.29, 0.717) is 9.09 Å². The Kier molecular flexibility index (Phi) is 5.38. The number of aliphatic hydroxyl groups is 1. The van der Waals surface area contributed by atoms with Crippen LogP contribution in [0.2, 0.25) is 0 Å². The first-order chi connectivity index (χ1) is 7.91. The van der Waals surface area contributed by atoms with Crippen molar-refractivity contribution in [2.75, 3.05) is 26.4 Å². The van der Waals surface area contributed by atoms with Crippen LogP contribution in [-0.2, 0) is 0 Å². The van der Waals surface area contributed by atoms with Gasteiger partial charge in [0.1, 0.15) is 4.21 Å². The van der Waals surface area contributed by atoms with Crippen LogP contribution < -0.4 is 0 Å². The molecule has 0 aliphatic heterocycles. The highest BCUT2D eigenvalue weighted by Crippen LogP contribution is 2.39. The Morgan fingerprint density at radius 3 is 2.76 bits per heavy atom. The molecule has 7 heteroatoms. The molecule has 0 unspecified atom stereocenters. The lowest BCUT2D eigenvalue weighted by Crippen LogP contribution is -2.14. The van der Waals surface area contributed by atoms with Gasteiger partial charge in [-0.2, -0.15) is 0 Å². The molecular weight excluding hydrogens is 260 g/mol. The maximum atomic E-state index is 10.9. The molecule has 0 bridgehead atoms. The molecule has 5 nitrogen and oxygen atoms in total. The molecule has 0 aromatic carbocycles. The molecule has 1 aromatic rings. The molecular formula is C10H16N2O3S2. The largest absolute Gasteiger partial charge is 0.388 e. The van der Waals surface area contributed by atoms with Gasteiger partial charge in [-0.25, -0.2) is 0 Å². The summed E-state index contributed by atoms with van der Waals surface area (Å²) in [5.41, 5.74) is 0.106. The molecule has 17 heavy (non-hydrogen) atoms. The molecule has 0 spiro atoms. The van der Waals surface area contributed by atoms with Crippen molar-refractivity contribution < 1.29 is 10.0 Å². The Bertz CT molecular complexity index is 391. The third-order valence-electron chi connectivity index (χ3n) is 2.08. The van der Waals surface area contributed by atoms with Crippen LogP contribution in [0.4, 0.5) is 5.69 Å². The summed E-state index contributed by atoms with van der Waals surface area (Å²) in [6.45, 7) is 2.48. The second-order valence-electron chi connectivity index (χ2n) is 3.91. The van der Waals surface area contributed by atoms with Gasteiger partial charge in [0.25, 0.3) is 5.69 Å². The van der Waals surface area contributed by atoms with E-state index in [9.17, 15) is 15.2 Å². The van der Waals surface area contributed by atoms with Gasteiger partial charge in [-0.3, -0.25) is 10.1 Å². The van der Waals surface area contributed by atoms with Gasteiger partial charge in [0.2, 0.25) is 0 Å². The fraction of sp³-hybridized carbons (Fsp3) is 0.600. The highest BCUT2D eigenvalue weighted by Gasteiger charge is 2.21. The SMILES string of the molecule is C[C@@H](O)c1cc([N+](=O)[O-])c(SCCN(C)C)s1. The molecule has 0 saturated carbocycles. The van der Waals surface area contributed by atoms with Gasteiger partial charge in [0.05, 0.1) is 11.0 Å². The summed E-state index contributed by atoms with van der Waals surface area (Å²) in [5.74, 6) is 0.799. The number of thiophene rings is 1. The zero-order valence-electron chi connectivity index (χ0n) is 10.0. The standard InChI is InChI=1S/C10H16N2O3S2/c1-7(13)9-6-8(12(14)15)10(17-9)16-5-4-11(2)3/h6-7,13H,4-5H2,1-3H3/t7-/m1/s1. The van der Waals surface area contributed by atoms with Crippen LogP contribution >= 0.6 is 23.1 Å². The Hall–Kier alpha value is -0.630. The van der Waals surface area contributed by atoms with Crippen LogP contribution in [0.1, 0.15) is 17.9 Å². The van der Waals surface area contributed by atoms with Crippen molar-refractivity contribution >= 4 is 28.8 Å². The third-order valence-corrected chi connectivity index (χ3v) is 4.63. The monoisotopic (exact) mass is 276 g/mol. The molecule has 1 rings (SSSR count). The van der Waals surface area contributed by atoms with Crippen LogP contribution in [0, 0.1) is 10.1 Å². The van der Waals surface area contributed by atoms with E-state index in [4.69, 9.17) is 0 Å². The summed E-state index contributed by atoms with van der Waals surface area (Å²) in [4.78, 5) is 13.1. The van der Waals surface area contributed by atoms with Gasteiger partial charge in [0, 0.05) is 23.2 Å². The second kappa shape index (κ2) is 6.34. The second-order valence-corrected chi connectivity index (χ2v) is 6.35. The van der Waals surface area contributed by atoms with Gasteiger partial charge in [0.15, 0.2) is 0 Å². The lowest BCUT2D eigenvalue weighted by atomic mass is 10.3. The van der Waals surface area contributed by atoms with Crippen LogP contribution in [-0.4, -0.2) is 41.3 Å². The van der Waals surface area contributed by atoms with Crippen LogP contribution in [0.3, 0.4) is 0 Å². The minimum atomic E-state index is -0.651. The van der Waals surface area contributed by atoms with Crippen LogP contribution in [0.15, 0.2) is 10.3 Å². The fourth-order valence-electron chi connectivity index (χ4n) is 1.14. The molecule has 0 aliphatic carbocycles. The van der Waals surface area contributed by atoms with E-state index >= 15 is 0 Å². The van der Waals surface area contributed by atoms with Crippen molar-refractivity contribution in [1.82, 2.24) is 4.90 Å². The lowest BCUT2D eigenvalue weighted by molar-refractivity contribution is -0.387. The van der Waals surface area contributed by atoms with Gasteiger partial charge in [-0.15, -0.1) is 23.1 Å². The predicted molar refractivity (Wildman–Crippen MR) is 70.9 cm³/mol. The number of rotatable bonds is 6. The summed E-state index contributed by atoms with van der Waals surface area (Å²) in [7, 11) is 3.93. The zero-order valence-corrected chi connectivity index (χ0v) is 11.7. The third kappa shape index (κ3) is 4.27. The number of nitrogens with zero attached hydrogens (tertiary/aromatic N) is 2. The van der Waals surface area contributed by atoms with Crippen LogP contribution in [0.25, 0.3) is 0 Å². The van der Waals surface area contributed by atoms with Gasteiger partial charge < -0.3 is 10.0 Å². The van der Waals surface area contributed by atoms with E-state index in [0.717, 1.165) is 12.3 Å². The van der Waals surface area contributed by atoms with Gasteiger partial charge in [-0.1, -0.05) is 0 Å². The van der Waals surface area contributed by atoms with Crippen molar-refractivity contribution in [3.8, 4) is 0 Å². The first kappa shape index (κ1) is 14.4. The molecule has 0 fully saturated rings. The average molecular weight is 276 g/mol. The van der Waals surface area contributed by atoms with Crippen molar-refractivity contribution in [1.29, 1.82) is 0 Å². The average Bonchev–Trinajstić information content (AvgIpc) is 2.61. The maximum absolute atomic E-state index is 10.9. The van der Waals surface area contributed by atoms with Gasteiger partial charge in [-0.05, 0) is 21.0 Å². The summed E-state index contributed by atoms with van der Waals surface area (Å²) < 4.78 is 0.674. The van der Waals surface area contributed by atoms with Crippen molar-refractivity contribution in [3.05, 3.63) is 21.1 Å². The Labute approximate surface area is 109 Å². The van der Waals surface area contributed by atoms with Crippen molar-refractivity contribution in [2.24, 2.45) is 0 Å². The molecule has 0 radical (unpaired) electrons. The highest BCUT2D eigenvalue weighted by atomic mass is 32.2. The minimum absolute atomic E-state index is 0.106.